The molecule has 0 bridgehead atoms. The van der Waals surface area contributed by atoms with Crippen molar-refractivity contribution in [3.8, 4) is 0 Å². The van der Waals surface area contributed by atoms with Crippen molar-refractivity contribution in [3.63, 3.8) is 0 Å². The Balaban J connectivity index is 2.96. The molecule has 0 saturated heterocycles. The van der Waals surface area contributed by atoms with Crippen LogP contribution in [0.2, 0.25) is 0 Å². The molecule has 0 radical (unpaired) electrons. The van der Waals surface area contributed by atoms with E-state index in [9.17, 15) is 10.1 Å². The third kappa shape index (κ3) is 1.40. The summed E-state index contributed by atoms with van der Waals surface area (Å²) in [5.41, 5.74) is 7.11. The summed E-state index contributed by atoms with van der Waals surface area (Å²) in [7, 11) is 0. The quantitative estimate of drug-likeness (QED) is 0.439. The third-order valence-electron chi connectivity index (χ3n) is 2.42. The first-order valence-electron chi connectivity index (χ1n) is 4.53. The molecule has 2 N–H and O–H groups in total. The predicted molar refractivity (Wildman–Crippen MR) is 59.8 cm³/mol. The van der Waals surface area contributed by atoms with Crippen molar-refractivity contribution in [1.29, 1.82) is 0 Å². The largest absolute Gasteiger partial charge is 0.398 e. The van der Waals surface area contributed by atoms with Crippen LogP contribution in [0.4, 0.5) is 11.4 Å². The van der Waals surface area contributed by atoms with E-state index in [2.05, 4.69) is 0 Å². The molecule has 0 aliphatic rings. The molecule has 15 heavy (non-hydrogen) atoms. The smallest absolute Gasteiger partial charge is 0.280 e. The first-order valence-corrected chi connectivity index (χ1v) is 4.53. The van der Waals surface area contributed by atoms with Crippen molar-refractivity contribution in [2.24, 2.45) is 0 Å². The number of nitrogen functional groups attached to an aromatic ring is 1. The van der Waals surface area contributed by atoms with Crippen LogP contribution in [0.3, 0.4) is 0 Å². The lowest BCUT2D eigenvalue weighted by molar-refractivity contribution is -0.383. The molecule has 2 aromatic rings. The fourth-order valence-electron chi connectivity index (χ4n) is 1.78. The molecule has 0 saturated carbocycles. The number of anilines is 1. The van der Waals surface area contributed by atoms with E-state index in [4.69, 9.17) is 5.73 Å². The lowest BCUT2D eigenvalue weighted by Crippen LogP contribution is -1.96. The molecule has 0 aromatic heterocycles. The highest BCUT2D eigenvalue weighted by atomic mass is 16.6. The van der Waals surface area contributed by atoms with Crippen molar-refractivity contribution in [2.45, 2.75) is 6.92 Å². The fourth-order valence-corrected chi connectivity index (χ4v) is 1.78. The fraction of sp³-hybridized carbons (Fsp3) is 0.0909. The van der Waals surface area contributed by atoms with E-state index in [1.807, 2.05) is 6.07 Å². The van der Waals surface area contributed by atoms with Crippen LogP contribution in [0.25, 0.3) is 10.8 Å². The summed E-state index contributed by atoms with van der Waals surface area (Å²) in [5.74, 6) is 0. The van der Waals surface area contributed by atoms with E-state index >= 15 is 0 Å². The van der Waals surface area contributed by atoms with E-state index in [1.165, 1.54) is 0 Å². The van der Waals surface area contributed by atoms with Gasteiger partial charge < -0.3 is 5.73 Å². The Labute approximate surface area is 86.5 Å². The first kappa shape index (κ1) is 9.45. The van der Waals surface area contributed by atoms with Gasteiger partial charge in [-0.25, -0.2) is 0 Å². The van der Waals surface area contributed by atoms with E-state index in [0.717, 1.165) is 5.39 Å². The van der Waals surface area contributed by atoms with E-state index in [0.29, 0.717) is 16.6 Å². The molecule has 0 unspecified atom stereocenters. The van der Waals surface area contributed by atoms with Gasteiger partial charge in [0.1, 0.15) is 0 Å². The normalized spacial score (nSPS) is 10.5. The predicted octanol–water partition coefficient (Wildman–Crippen LogP) is 2.64. The Kier molecular flexibility index (Phi) is 2.04. The van der Waals surface area contributed by atoms with Crippen LogP contribution in [0.5, 0.6) is 0 Å². The topological polar surface area (TPSA) is 69.2 Å². The maximum absolute atomic E-state index is 10.9. The number of nitrogens with zero attached hydrogens (tertiary/aromatic N) is 1. The van der Waals surface area contributed by atoms with Crippen molar-refractivity contribution in [2.75, 3.05) is 5.73 Å². The highest BCUT2D eigenvalue weighted by Crippen LogP contribution is 2.32. The molecule has 0 atom stereocenters. The van der Waals surface area contributed by atoms with Crippen LogP contribution < -0.4 is 5.73 Å². The standard InChI is InChI=1S/C11H10N2O2/c1-7-6-10(12)8-4-2-3-5-9(8)11(7)13(14)15/h2-6H,12H2,1H3. The molecule has 0 fully saturated rings. The molecular formula is C11H10N2O2. The second kappa shape index (κ2) is 3.24. The maximum Gasteiger partial charge on any atom is 0.280 e. The van der Waals surface area contributed by atoms with Gasteiger partial charge in [0.15, 0.2) is 0 Å². The number of rotatable bonds is 1. The summed E-state index contributed by atoms with van der Waals surface area (Å²) in [6.45, 7) is 1.70. The van der Waals surface area contributed by atoms with Crippen LogP contribution in [0.1, 0.15) is 5.56 Å². The van der Waals surface area contributed by atoms with Crippen LogP contribution in [-0.2, 0) is 0 Å². The van der Waals surface area contributed by atoms with Gasteiger partial charge in [-0.15, -0.1) is 0 Å². The minimum atomic E-state index is -0.364. The SMILES string of the molecule is Cc1cc(N)c2ccccc2c1[N+](=O)[O-]. The number of nitrogens with two attached hydrogens (primary N) is 1. The Bertz CT molecular complexity index is 550. The van der Waals surface area contributed by atoms with Crippen LogP contribution in [0, 0.1) is 17.0 Å². The highest BCUT2D eigenvalue weighted by molar-refractivity contribution is 6.00. The van der Waals surface area contributed by atoms with Crippen LogP contribution in [0.15, 0.2) is 30.3 Å². The van der Waals surface area contributed by atoms with Gasteiger partial charge in [-0.1, -0.05) is 18.2 Å². The zero-order valence-corrected chi connectivity index (χ0v) is 8.23. The second-order valence-corrected chi connectivity index (χ2v) is 3.43. The number of benzene rings is 2. The summed E-state index contributed by atoms with van der Waals surface area (Å²) in [5, 5.41) is 12.2. The van der Waals surface area contributed by atoms with Crippen molar-refractivity contribution < 1.29 is 4.92 Å². The zero-order chi connectivity index (χ0) is 11.0. The van der Waals surface area contributed by atoms with Gasteiger partial charge in [0.05, 0.1) is 10.3 Å². The number of fused-ring (bicyclic) bond motifs is 1. The van der Waals surface area contributed by atoms with Crippen LogP contribution >= 0.6 is 0 Å². The average Bonchev–Trinajstić information content (AvgIpc) is 2.17. The minimum absolute atomic E-state index is 0.139. The number of nitro benzene ring substituents is 1. The second-order valence-electron chi connectivity index (χ2n) is 3.43. The molecule has 4 nitrogen and oxygen atoms in total. The Morgan fingerprint density at radius 2 is 1.87 bits per heavy atom. The number of hydrogen-bond donors (Lipinski definition) is 1. The van der Waals surface area contributed by atoms with Gasteiger partial charge in [0.2, 0.25) is 0 Å². The Morgan fingerprint density at radius 1 is 1.27 bits per heavy atom. The molecule has 0 heterocycles. The molecule has 2 aromatic carbocycles. The zero-order valence-electron chi connectivity index (χ0n) is 8.23. The molecule has 0 spiro atoms. The number of hydrogen-bond acceptors (Lipinski definition) is 3. The molecular weight excluding hydrogens is 192 g/mol. The maximum atomic E-state index is 10.9. The number of nitro groups is 1. The van der Waals surface area contributed by atoms with Crippen LogP contribution in [-0.4, -0.2) is 4.92 Å². The van der Waals surface area contributed by atoms with Gasteiger partial charge in [-0.05, 0) is 19.1 Å². The van der Waals surface area contributed by atoms with Gasteiger partial charge >= 0.3 is 0 Å². The van der Waals surface area contributed by atoms with Gasteiger partial charge in [-0.3, -0.25) is 10.1 Å². The minimum Gasteiger partial charge on any atom is -0.398 e. The Morgan fingerprint density at radius 3 is 2.47 bits per heavy atom. The van der Waals surface area contributed by atoms with E-state index < -0.39 is 0 Å². The van der Waals surface area contributed by atoms with Gasteiger partial charge in [-0.2, -0.15) is 0 Å². The average molecular weight is 202 g/mol. The van der Waals surface area contributed by atoms with Gasteiger partial charge in [0, 0.05) is 16.6 Å². The lowest BCUT2D eigenvalue weighted by atomic mass is 10.0. The van der Waals surface area contributed by atoms with E-state index in [1.54, 1.807) is 31.2 Å². The molecule has 0 aliphatic carbocycles. The number of aryl methyl sites for hydroxylation is 1. The van der Waals surface area contributed by atoms with Crippen molar-refractivity contribution in [3.05, 3.63) is 46.0 Å². The Hall–Kier alpha value is -2.10. The van der Waals surface area contributed by atoms with Crippen molar-refractivity contribution in [1.82, 2.24) is 0 Å². The lowest BCUT2D eigenvalue weighted by Gasteiger charge is -2.05. The molecule has 2 rings (SSSR count). The molecule has 76 valence electrons. The monoisotopic (exact) mass is 202 g/mol. The molecule has 0 amide bonds. The van der Waals surface area contributed by atoms with Crippen molar-refractivity contribution >= 4 is 22.1 Å². The summed E-state index contributed by atoms with van der Waals surface area (Å²) in [6, 6.07) is 8.74. The van der Waals surface area contributed by atoms with Gasteiger partial charge in [0.25, 0.3) is 5.69 Å². The summed E-state index contributed by atoms with van der Waals surface area (Å²) >= 11 is 0. The summed E-state index contributed by atoms with van der Waals surface area (Å²) < 4.78 is 0. The first-order chi connectivity index (χ1) is 7.11. The molecule has 4 heteroatoms. The summed E-state index contributed by atoms with van der Waals surface area (Å²) in [6.07, 6.45) is 0. The third-order valence-corrected chi connectivity index (χ3v) is 2.42. The molecule has 0 aliphatic heterocycles. The summed E-state index contributed by atoms with van der Waals surface area (Å²) in [4.78, 5) is 10.5. The highest BCUT2D eigenvalue weighted by Gasteiger charge is 2.16. The van der Waals surface area contributed by atoms with E-state index in [-0.39, 0.29) is 10.6 Å².